The van der Waals surface area contributed by atoms with E-state index in [1.54, 1.807) is 13.8 Å². The third-order valence-corrected chi connectivity index (χ3v) is 4.58. The van der Waals surface area contributed by atoms with Crippen LogP contribution >= 0.6 is 23.2 Å². The fraction of sp³-hybridized carbons (Fsp3) is 0.455. The van der Waals surface area contributed by atoms with E-state index in [1.807, 2.05) is 0 Å². The summed E-state index contributed by atoms with van der Waals surface area (Å²) >= 11 is 11.5. The van der Waals surface area contributed by atoms with Crippen molar-refractivity contribution in [3.63, 3.8) is 0 Å². The molecule has 0 aromatic heterocycles. The largest absolute Gasteiger partial charge is 0.393 e. The zero-order valence-electron chi connectivity index (χ0n) is 10.0. The molecule has 2 atom stereocenters. The second kappa shape index (κ2) is 6.21. The molecule has 2 N–H and O–H groups in total. The monoisotopic (exact) mass is 311 g/mol. The molecule has 4 nitrogen and oxygen atoms in total. The van der Waals surface area contributed by atoms with Crippen LogP contribution in [0.3, 0.4) is 0 Å². The summed E-state index contributed by atoms with van der Waals surface area (Å²) in [6.07, 6.45) is -0.239. The highest BCUT2D eigenvalue weighted by Gasteiger charge is 2.19. The number of sulfonamides is 1. The van der Waals surface area contributed by atoms with Crippen LogP contribution in [0, 0.1) is 0 Å². The molecule has 0 spiro atoms. The van der Waals surface area contributed by atoms with Gasteiger partial charge in [0.05, 0.1) is 21.0 Å². The lowest BCUT2D eigenvalue weighted by atomic mass is 10.2. The Morgan fingerprint density at radius 2 is 1.89 bits per heavy atom. The van der Waals surface area contributed by atoms with Crippen LogP contribution in [0.25, 0.3) is 0 Å². The van der Waals surface area contributed by atoms with Crippen LogP contribution in [0.5, 0.6) is 0 Å². The molecule has 0 radical (unpaired) electrons. The predicted octanol–water partition coefficient (Wildman–Crippen LogP) is 2.43. The zero-order valence-corrected chi connectivity index (χ0v) is 12.4. The van der Waals surface area contributed by atoms with E-state index in [2.05, 4.69) is 4.72 Å². The number of benzene rings is 1. The van der Waals surface area contributed by atoms with Crippen molar-refractivity contribution in [2.24, 2.45) is 0 Å². The standard InChI is InChI=1S/C11H15Cl2NO3S/c1-7(5-8(2)15)14-18(16,17)9-3-4-10(12)11(13)6-9/h3-4,6-8,14-15H,5H2,1-2H3. The summed E-state index contributed by atoms with van der Waals surface area (Å²) in [5.74, 6) is 0. The highest BCUT2D eigenvalue weighted by Crippen LogP contribution is 2.24. The van der Waals surface area contributed by atoms with Gasteiger partial charge in [-0.1, -0.05) is 23.2 Å². The Labute approximate surface area is 117 Å². The minimum Gasteiger partial charge on any atom is -0.393 e. The van der Waals surface area contributed by atoms with E-state index in [-0.39, 0.29) is 16.0 Å². The highest BCUT2D eigenvalue weighted by atomic mass is 35.5. The minimum absolute atomic E-state index is 0.0503. The molecule has 0 amide bonds. The first-order valence-corrected chi connectivity index (χ1v) is 7.61. The average molecular weight is 312 g/mol. The van der Waals surface area contributed by atoms with Crippen molar-refractivity contribution in [2.75, 3.05) is 0 Å². The highest BCUT2D eigenvalue weighted by molar-refractivity contribution is 7.89. The fourth-order valence-corrected chi connectivity index (χ4v) is 3.18. The molecular weight excluding hydrogens is 297 g/mol. The Morgan fingerprint density at radius 3 is 2.39 bits per heavy atom. The molecular formula is C11H15Cl2NO3S. The van der Waals surface area contributed by atoms with Crippen LogP contribution in [-0.2, 0) is 10.0 Å². The maximum atomic E-state index is 12.0. The maximum absolute atomic E-state index is 12.0. The third-order valence-electron chi connectivity index (χ3n) is 2.25. The van der Waals surface area contributed by atoms with Crippen molar-refractivity contribution in [1.82, 2.24) is 4.72 Å². The van der Waals surface area contributed by atoms with E-state index in [9.17, 15) is 13.5 Å². The van der Waals surface area contributed by atoms with Crippen molar-refractivity contribution < 1.29 is 13.5 Å². The summed E-state index contributed by atoms with van der Waals surface area (Å²) < 4.78 is 26.4. The van der Waals surface area contributed by atoms with Crippen LogP contribution in [0.2, 0.25) is 10.0 Å². The summed E-state index contributed by atoms with van der Waals surface area (Å²) in [4.78, 5) is 0.0503. The summed E-state index contributed by atoms with van der Waals surface area (Å²) in [5.41, 5.74) is 0. The van der Waals surface area contributed by atoms with Crippen LogP contribution in [0.4, 0.5) is 0 Å². The van der Waals surface area contributed by atoms with Crippen molar-refractivity contribution in [3.05, 3.63) is 28.2 Å². The molecule has 0 fully saturated rings. The Kier molecular flexibility index (Phi) is 5.43. The van der Waals surface area contributed by atoms with E-state index in [0.717, 1.165) is 0 Å². The minimum atomic E-state index is -3.65. The number of hydrogen-bond donors (Lipinski definition) is 2. The summed E-state index contributed by atoms with van der Waals surface area (Å²) in [5, 5.41) is 9.68. The van der Waals surface area contributed by atoms with E-state index < -0.39 is 16.1 Å². The molecule has 1 aromatic carbocycles. The topological polar surface area (TPSA) is 66.4 Å². The fourth-order valence-electron chi connectivity index (χ4n) is 1.54. The van der Waals surface area contributed by atoms with E-state index >= 15 is 0 Å². The van der Waals surface area contributed by atoms with Gasteiger partial charge in [0.1, 0.15) is 0 Å². The van der Waals surface area contributed by atoms with E-state index in [4.69, 9.17) is 23.2 Å². The predicted molar refractivity (Wildman–Crippen MR) is 72.5 cm³/mol. The molecule has 2 unspecified atom stereocenters. The van der Waals surface area contributed by atoms with Crippen molar-refractivity contribution >= 4 is 33.2 Å². The van der Waals surface area contributed by atoms with Crippen molar-refractivity contribution in [2.45, 2.75) is 37.3 Å². The lowest BCUT2D eigenvalue weighted by Crippen LogP contribution is -2.34. The van der Waals surface area contributed by atoms with Gasteiger partial charge < -0.3 is 5.11 Å². The van der Waals surface area contributed by atoms with Crippen molar-refractivity contribution in [3.8, 4) is 0 Å². The summed E-state index contributed by atoms with van der Waals surface area (Å²) in [6.45, 7) is 3.28. The molecule has 102 valence electrons. The van der Waals surface area contributed by atoms with Gasteiger partial charge in [-0.2, -0.15) is 0 Å². The average Bonchev–Trinajstić information content (AvgIpc) is 2.19. The maximum Gasteiger partial charge on any atom is 0.240 e. The molecule has 0 saturated carbocycles. The first kappa shape index (κ1) is 15.7. The lowest BCUT2D eigenvalue weighted by Gasteiger charge is -2.15. The van der Waals surface area contributed by atoms with Crippen molar-refractivity contribution in [1.29, 1.82) is 0 Å². The van der Waals surface area contributed by atoms with Crippen LogP contribution in [-0.4, -0.2) is 25.7 Å². The van der Waals surface area contributed by atoms with Crippen LogP contribution in [0.1, 0.15) is 20.3 Å². The van der Waals surface area contributed by atoms with Gasteiger partial charge in [-0.3, -0.25) is 0 Å². The summed E-state index contributed by atoms with van der Waals surface area (Å²) in [6, 6.07) is 3.73. The smallest absolute Gasteiger partial charge is 0.240 e. The van der Waals surface area contributed by atoms with Gasteiger partial charge in [0.2, 0.25) is 10.0 Å². The van der Waals surface area contributed by atoms with Gasteiger partial charge in [-0.05, 0) is 38.5 Å². The summed E-state index contributed by atoms with van der Waals surface area (Å²) in [7, 11) is -3.65. The van der Waals surface area contributed by atoms with E-state index in [0.29, 0.717) is 11.4 Å². The quantitative estimate of drug-likeness (QED) is 0.877. The number of hydrogen-bond acceptors (Lipinski definition) is 3. The first-order chi connectivity index (χ1) is 8.22. The van der Waals surface area contributed by atoms with Gasteiger partial charge in [-0.25, -0.2) is 13.1 Å². The molecule has 0 heterocycles. The van der Waals surface area contributed by atoms with Gasteiger partial charge in [0.25, 0.3) is 0 Å². The number of aliphatic hydroxyl groups excluding tert-OH is 1. The lowest BCUT2D eigenvalue weighted by molar-refractivity contribution is 0.175. The molecule has 0 aliphatic carbocycles. The van der Waals surface area contributed by atoms with E-state index in [1.165, 1.54) is 18.2 Å². The number of rotatable bonds is 5. The SMILES string of the molecule is CC(O)CC(C)NS(=O)(=O)c1ccc(Cl)c(Cl)c1. The molecule has 18 heavy (non-hydrogen) atoms. The van der Waals surface area contributed by atoms with Gasteiger partial charge in [0, 0.05) is 6.04 Å². The van der Waals surface area contributed by atoms with Crippen LogP contribution in [0.15, 0.2) is 23.1 Å². The molecule has 0 saturated heterocycles. The Bertz CT molecular complexity index is 517. The van der Waals surface area contributed by atoms with Gasteiger partial charge >= 0.3 is 0 Å². The molecule has 1 rings (SSSR count). The Balaban J connectivity index is 2.89. The Morgan fingerprint density at radius 1 is 1.28 bits per heavy atom. The Hall–Kier alpha value is -0.330. The second-order valence-corrected chi connectivity index (χ2v) is 6.71. The van der Waals surface area contributed by atoms with Gasteiger partial charge in [-0.15, -0.1) is 0 Å². The second-order valence-electron chi connectivity index (χ2n) is 4.18. The number of halogens is 2. The molecule has 0 aliphatic rings. The molecule has 1 aromatic rings. The number of nitrogens with one attached hydrogen (secondary N) is 1. The molecule has 0 bridgehead atoms. The molecule has 0 aliphatic heterocycles. The normalized spacial score (nSPS) is 15.4. The van der Waals surface area contributed by atoms with Gasteiger partial charge in [0.15, 0.2) is 0 Å². The first-order valence-electron chi connectivity index (χ1n) is 5.38. The molecule has 7 heteroatoms. The number of aliphatic hydroxyl groups is 1. The zero-order chi connectivity index (χ0) is 13.9. The van der Waals surface area contributed by atoms with Crippen LogP contribution < -0.4 is 4.72 Å². The third kappa shape index (κ3) is 4.40.